The van der Waals surface area contributed by atoms with E-state index in [-0.39, 0.29) is 5.91 Å². The quantitative estimate of drug-likeness (QED) is 0.940. The molecule has 0 unspecified atom stereocenters. The molecule has 22 heavy (non-hydrogen) atoms. The molecule has 1 fully saturated rings. The zero-order valence-corrected chi connectivity index (χ0v) is 12.9. The number of pyridine rings is 1. The van der Waals surface area contributed by atoms with Crippen molar-refractivity contribution in [1.82, 2.24) is 4.98 Å². The van der Waals surface area contributed by atoms with Gasteiger partial charge in [0.25, 0.3) is 5.91 Å². The first kappa shape index (κ1) is 14.6. The SMILES string of the molecule is Cc1ccc(NC(=O)c2cccnc2N2CCCCC2)cc1. The number of carbonyl (C=O) groups excluding carboxylic acids is 1. The Morgan fingerprint density at radius 1 is 1.09 bits per heavy atom. The van der Waals surface area contributed by atoms with Crippen LogP contribution in [-0.2, 0) is 0 Å². The number of nitrogens with one attached hydrogen (secondary N) is 1. The summed E-state index contributed by atoms with van der Waals surface area (Å²) in [5.74, 6) is 0.698. The smallest absolute Gasteiger partial charge is 0.259 e. The van der Waals surface area contributed by atoms with Crippen LogP contribution in [0.2, 0.25) is 0 Å². The molecule has 1 amide bonds. The van der Waals surface area contributed by atoms with Crippen LogP contribution in [0.1, 0.15) is 35.2 Å². The van der Waals surface area contributed by atoms with Gasteiger partial charge >= 0.3 is 0 Å². The van der Waals surface area contributed by atoms with E-state index in [1.54, 1.807) is 6.20 Å². The predicted octanol–water partition coefficient (Wildman–Crippen LogP) is 3.63. The van der Waals surface area contributed by atoms with Gasteiger partial charge in [0.1, 0.15) is 5.82 Å². The molecule has 0 radical (unpaired) electrons. The molecule has 1 aromatic carbocycles. The molecule has 4 nitrogen and oxygen atoms in total. The summed E-state index contributed by atoms with van der Waals surface area (Å²) < 4.78 is 0. The van der Waals surface area contributed by atoms with Crippen molar-refractivity contribution in [2.75, 3.05) is 23.3 Å². The highest BCUT2D eigenvalue weighted by molar-refractivity contribution is 6.07. The maximum Gasteiger partial charge on any atom is 0.259 e. The van der Waals surface area contributed by atoms with Gasteiger partial charge in [-0.15, -0.1) is 0 Å². The minimum atomic E-state index is -0.0995. The number of hydrogen-bond donors (Lipinski definition) is 1. The van der Waals surface area contributed by atoms with E-state index in [1.165, 1.54) is 12.0 Å². The van der Waals surface area contributed by atoms with Crippen molar-refractivity contribution in [2.45, 2.75) is 26.2 Å². The average Bonchev–Trinajstić information content (AvgIpc) is 2.58. The molecular weight excluding hydrogens is 274 g/mol. The number of anilines is 2. The minimum absolute atomic E-state index is 0.0995. The van der Waals surface area contributed by atoms with Crippen LogP contribution in [0.3, 0.4) is 0 Å². The number of benzene rings is 1. The fourth-order valence-corrected chi connectivity index (χ4v) is 2.77. The van der Waals surface area contributed by atoms with Crippen molar-refractivity contribution in [3.63, 3.8) is 0 Å². The van der Waals surface area contributed by atoms with Gasteiger partial charge < -0.3 is 10.2 Å². The van der Waals surface area contributed by atoms with Crippen molar-refractivity contribution >= 4 is 17.4 Å². The molecule has 3 rings (SSSR count). The first-order chi connectivity index (χ1) is 10.7. The van der Waals surface area contributed by atoms with Crippen molar-refractivity contribution in [1.29, 1.82) is 0 Å². The predicted molar refractivity (Wildman–Crippen MR) is 89.4 cm³/mol. The van der Waals surface area contributed by atoms with Crippen LogP contribution in [-0.4, -0.2) is 24.0 Å². The standard InChI is InChI=1S/C18H21N3O/c1-14-7-9-15(10-8-14)20-18(22)16-6-5-11-19-17(16)21-12-3-2-4-13-21/h5-11H,2-4,12-13H2,1H3,(H,20,22). The summed E-state index contributed by atoms with van der Waals surface area (Å²) in [4.78, 5) is 19.2. The topological polar surface area (TPSA) is 45.2 Å². The van der Waals surface area contributed by atoms with Crippen molar-refractivity contribution in [3.8, 4) is 0 Å². The summed E-state index contributed by atoms with van der Waals surface area (Å²) in [6.07, 6.45) is 5.34. The highest BCUT2D eigenvalue weighted by Crippen LogP contribution is 2.22. The number of piperidine rings is 1. The highest BCUT2D eigenvalue weighted by atomic mass is 16.1. The van der Waals surface area contributed by atoms with E-state index < -0.39 is 0 Å². The monoisotopic (exact) mass is 295 g/mol. The summed E-state index contributed by atoms with van der Waals surface area (Å²) in [6.45, 7) is 3.98. The fraction of sp³-hybridized carbons (Fsp3) is 0.333. The van der Waals surface area contributed by atoms with E-state index in [9.17, 15) is 4.79 Å². The number of aryl methyl sites for hydroxylation is 1. The Kier molecular flexibility index (Phi) is 4.37. The summed E-state index contributed by atoms with van der Waals surface area (Å²) >= 11 is 0. The maximum atomic E-state index is 12.6. The van der Waals surface area contributed by atoms with Crippen molar-refractivity contribution in [2.24, 2.45) is 0 Å². The van der Waals surface area contributed by atoms with E-state index in [2.05, 4.69) is 15.2 Å². The molecule has 0 saturated carbocycles. The van der Waals surface area contributed by atoms with Crippen molar-refractivity contribution in [3.05, 3.63) is 53.7 Å². The average molecular weight is 295 g/mol. The van der Waals surface area contributed by atoms with Gasteiger partial charge in [-0.3, -0.25) is 4.79 Å². The lowest BCUT2D eigenvalue weighted by Crippen LogP contribution is -2.32. The lowest BCUT2D eigenvalue weighted by atomic mass is 10.1. The second-order valence-electron chi connectivity index (χ2n) is 5.74. The summed E-state index contributed by atoms with van der Waals surface area (Å²) in [5, 5.41) is 2.96. The maximum absolute atomic E-state index is 12.6. The molecule has 114 valence electrons. The van der Waals surface area contributed by atoms with Gasteiger partial charge in [0.2, 0.25) is 0 Å². The van der Waals surface area contributed by atoms with Crippen LogP contribution in [0.25, 0.3) is 0 Å². The molecular formula is C18H21N3O. The number of amides is 1. The van der Waals surface area contributed by atoms with Crippen LogP contribution in [0.15, 0.2) is 42.6 Å². The van der Waals surface area contributed by atoms with E-state index in [0.29, 0.717) is 5.56 Å². The Morgan fingerprint density at radius 3 is 2.55 bits per heavy atom. The van der Waals surface area contributed by atoms with Crippen LogP contribution in [0.5, 0.6) is 0 Å². The van der Waals surface area contributed by atoms with Gasteiger partial charge in [0.05, 0.1) is 5.56 Å². The number of carbonyl (C=O) groups is 1. The number of rotatable bonds is 3. The molecule has 0 bridgehead atoms. The zero-order valence-electron chi connectivity index (χ0n) is 12.9. The lowest BCUT2D eigenvalue weighted by molar-refractivity contribution is 0.102. The minimum Gasteiger partial charge on any atom is -0.356 e. The van der Waals surface area contributed by atoms with Crippen LogP contribution in [0.4, 0.5) is 11.5 Å². The Hall–Kier alpha value is -2.36. The number of hydrogen-bond acceptors (Lipinski definition) is 3. The normalized spacial score (nSPS) is 14.7. The van der Waals surface area contributed by atoms with Crippen LogP contribution in [0, 0.1) is 6.92 Å². The first-order valence-corrected chi connectivity index (χ1v) is 7.82. The fourth-order valence-electron chi connectivity index (χ4n) is 2.77. The molecule has 2 heterocycles. The summed E-state index contributed by atoms with van der Waals surface area (Å²) in [5.41, 5.74) is 2.63. The summed E-state index contributed by atoms with van der Waals surface area (Å²) in [7, 11) is 0. The molecule has 1 aromatic heterocycles. The second-order valence-corrected chi connectivity index (χ2v) is 5.74. The Morgan fingerprint density at radius 2 is 1.82 bits per heavy atom. The van der Waals surface area contributed by atoms with E-state index >= 15 is 0 Å². The van der Waals surface area contributed by atoms with Gasteiger partial charge in [-0.25, -0.2) is 4.98 Å². The third kappa shape index (κ3) is 3.27. The van der Waals surface area contributed by atoms with Crippen LogP contribution >= 0.6 is 0 Å². The highest BCUT2D eigenvalue weighted by Gasteiger charge is 2.19. The van der Waals surface area contributed by atoms with Gasteiger partial charge in [0, 0.05) is 25.0 Å². The van der Waals surface area contributed by atoms with Gasteiger partial charge in [-0.05, 0) is 50.5 Å². The van der Waals surface area contributed by atoms with Gasteiger partial charge in [-0.2, -0.15) is 0 Å². The molecule has 0 atom stereocenters. The molecule has 0 aliphatic carbocycles. The molecule has 2 aromatic rings. The zero-order chi connectivity index (χ0) is 15.4. The Labute approximate surface area is 131 Å². The molecule has 1 aliphatic heterocycles. The van der Waals surface area contributed by atoms with E-state index in [1.807, 2.05) is 43.3 Å². The van der Waals surface area contributed by atoms with Gasteiger partial charge in [0.15, 0.2) is 0 Å². The number of nitrogens with zero attached hydrogens (tertiary/aromatic N) is 2. The lowest BCUT2D eigenvalue weighted by Gasteiger charge is -2.29. The van der Waals surface area contributed by atoms with Crippen LogP contribution < -0.4 is 10.2 Å². The Bertz CT molecular complexity index is 646. The Balaban J connectivity index is 1.81. The van der Waals surface area contributed by atoms with E-state index in [4.69, 9.17) is 0 Å². The molecule has 1 N–H and O–H groups in total. The van der Waals surface area contributed by atoms with Crippen molar-refractivity contribution < 1.29 is 4.79 Å². The molecule has 4 heteroatoms. The number of aromatic nitrogens is 1. The molecule has 1 saturated heterocycles. The second kappa shape index (κ2) is 6.60. The first-order valence-electron chi connectivity index (χ1n) is 7.82. The third-order valence-corrected chi connectivity index (χ3v) is 4.00. The van der Waals surface area contributed by atoms with E-state index in [0.717, 1.165) is 37.4 Å². The largest absolute Gasteiger partial charge is 0.356 e. The molecule has 1 aliphatic rings. The molecule has 0 spiro atoms. The third-order valence-electron chi connectivity index (χ3n) is 4.00. The summed E-state index contributed by atoms with van der Waals surface area (Å²) in [6, 6.07) is 11.5. The van der Waals surface area contributed by atoms with Gasteiger partial charge in [-0.1, -0.05) is 17.7 Å².